The van der Waals surface area contributed by atoms with Gasteiger partial charge in [0, 0.05) is 13.1 Å². The molecule has 0 bridgehead atoms. The second-order valence-corrected chi connectivity index (χ2v) is 6.10. The van der Waals surface area contributed by atoms with Gasteiger partial charge in [-0.2, -0.15) is 0 Å². The maximum atomic E-state index is 12.4. The van der Waals surface area contributed by atoms with Crippen molar-refractivity contribution in [2.75, 3.05) is 13.1 Å². The third-order valence-corrected chi connectivity index (χ3v) is 4.29. The minimum Gasteiger partial charge on any atom is -0.481 e. The minimum atomic E-state index is -0.832. The maximum absolute atomic E-state index is 12.4. The Morgan fingerprint density at radius 1 is 1.35 bits per heavy atom. The Morgan fingerprint density at radius 2 is 2.05 bits per heavy atom. The lowest BCUT2D eigenvalue weighted by molar-refractivity contribution is -0.139. The van der Waals surface area contributed by atoms with Crippen LogP contribution in [0.2, 0.25) is 0 Å². The number of nitrogens with zero attached hydrogens (tertiary/aromatic N) is 1. The lowest BCUT2D eigenvalue weighted by atomic mass is 9.79. The van der Waals surface area contributed by atoms with E-state index in [-0.39, 0.29) is 12.5 Å². The average Bonchev–Trinajstić information content (AvgIpc) is 2.38. The zero-order valence-electron chi connectivity index (χ0n) is 12.2. The summed E-state index contributed by atoms with van der Waals surface area (Å²) in [5, 5.41) is 12.2. The predicted molar refractivity (Wildman–Crippen MR) is 76.5 cm³/mol. The molecule has 1 fully saturated rings. The van der Waals surface area contributed by atoms with Crippen molar-refractivity contribution in [3.8, 4) is 0 Å². The zero-order chi connectivity index (χ0) is 14.6. The van der Waals surface area contributed by atoms with Crippen LogP contribution in [-0.2, 0) is 4.79 Å². The normalized spacial score (nSPS) is 22.1. The lowest BCUT2D eigenvalue weighted by Gasteiger charge is -2.39. The molecule has 2 aliphatic rings. The van der Waals surface area contributed by atoms with Crippen LogP contribution in [0.25, 0.3) is 0 Å². The number of rotatable bonds is 3. The molecule has 1 saturated carbocycles. The fourth-order valence-electron chi connectivity index (χ4n) is 3.25. The molecular weight excluding hydrogens is 256 g/mol. The van der Waals surface area contributed by atoms with E-state index in [0.29, 0.717) is 13.1 Å². The van der Waals surface area contributed by atoms with Gasteiger partial charge in [-0.25, -0.2) is 4.79 Å². The zero-order valence-corrected chi connectivity index (χ0v) is 12.2. The molecule has 2 amide bonds. The minimum absolute atomic E-state index is 0.0292. The molecule has 0 unspecified atom stereocenters. The number of carboxylic acids is 1. The molecule has 5 nitrogen and oxygen atoms in total. The second kappa shape index (κ2) is 6.29. The first-order valence-electron chi connectivity index (χ1n) is 7.45. The topological polar surface area (TPSA) is 69.6 Å². The van der Waals surface area contributed by atoms with Crippen LogP contribution in [-0.4, -0.2) is 40.6 Å². The molecule has 0 aromatic heterocycles. The summed E-state index contributed by atoms with van der Waals surface area (Å²) in [7, 11) is 0. The van der Waals surface area contributed by atoms with Crippen molar-refractivity contribution in [2.24, 2.45) is 0 Å². The number of carbonyl (C=O) groups excluding carboxylic acids is 1. The molecule has 0 radical (unpaired) electrons. The summed E-state index contributed by atoms with van der Waals surface area (Å²) in [5.41, 5.74) is 0.651. The Bertz CT molecular complexity index is 411. The van der Waals surface area contributed by atoms with Gasteiger partial charge in [0.15, 0.2) is 0 Å². The lowest BCUT2D eigenvalue weighted by Crippen LogP contribution is -2.55. The molecule has 20 heavy (non-hydrogen) atoms. The van der Waals surface area contributed by atoms with Gasteiger partial charge in [0.25, 0.3) is 0 Å². The van der Waals surface area contributed by atoms with E-state index >= 15 is 0 Å². The number of nitrogens with one attached hydrogen (secondary N) is 1. The van der Waals surface area contributed by atoms with E-state index in [1.165, 1.54) is 5.57 Å². The fourth-order valence-corrected chi connectivity index (χ4v) is 3.25. The Morgan fingerprint density at radius 3 is 2.65 bits per heavy atom. The molecular formula is C15H24N2O3. The quantitative estimate of drug-likeness (QED) is 0.780. The van der Waals surface area contributed by atoms with E-state index in [1.54, 1.807) is 4.90 Å². The van der Waals surface area contributed by atoms with E-state index in [1.807, 2.05) is 6.92 Å². The molecule has 1 heterocycles. The fraction of sp³-hybridized carbons (Fsp3) is 0.733. The van der Waals surface area contributed by atoms with E-state index in [0.717, 1.165) is 38.5 Å². The summed E-state index contributed by atoms with van der Waals surface area (Å²) in [4.78, 5) is 25.3. The van der Waals surface area contributed by atoms with Crippen molar-refractivity contribution in [3.63, 3.8) is 0 Å². The Kier molecular flexibility index (Phi) is 4.68. The van der Waals surface area contributed by atoms with Crippen LogP contribution in [0.15, 0.2) is 11.6 Å². The van der Waals surface area contributed by atoms with Crippen molar-refractivity contribution in [1.29, 1.82) is 0 Å². The number of aliphatic carboxylic acids is 1. The maximum Gasteiger partial charge on any atom is 0.318 e. The summed E-state index contributed by atoms with van der Waals surface area (Å²) in [6, 6.07) is -0.111. The number of hydrogen-bond donors (Lipinski definition) is 2. The van der Waals surface area contributed by atoms with Crippen molar-refractivity contribution in [1.82, 2.24) is 10.2 Å². The van der Waals surface area contributed by atoms with E-state index < -0.39 is 11.5 Å². The first kappa shape index (κ1) is 14.9. The summed E-state index contributed by atoms with van der Waals surface area (Å²) < 4.78 is 0. The van der Waals surface area contributed by atoms with Crippen molar-refractivity contribution in [2.45, 2.75) is 57.4 Å². The standard InChI is InChI=1S/C15H24N2O3/c1-12-6-5-9-17(11-12)14(20)16-15(10-13(18)19)7-3-2-4-8-15/h6H,2-5,7-11H2,1H3,(H,16,20)(H,18,19). The van der Waals surface area contributed by atoms with Gasteiger partial charge < -0.3 is 15.3 Å². The molecule has 0 spiro atoms. The van der Waals surface area contributed by atoms with Crippen molar-refractivity contribution >= 4 is 12.0 Å². The monoisotopic (exact) mass is 280 g/mol. The number of carbonyl (C=O) groups is 2. The third kappa shape index (κ3) is 3.74. The number of carboxylic acid groups (broad SMARTS) is 1. The number of hydrogen-bond acceptors (Lipinski definition) is 2. The first-order chi connectivity index (χ1) is 9.51. The van der Waals surface area contributed by atoms with Gasteiger partial charge in [0.1, 0.15) is 0 Å². The molecule has 5 heteroatoms. The second-order valence-electron chi connectivity index (χ2n) is 6.10. The third-order valence-electron chi connectivity index (χ3n) is 4.29. The van der Waals surface area contributed by atoms with Gasteiger partial charge >= 0.3 is 12.0 Å². The largest absolute Gasteiger partial charge is 0.481 e. The highest BCUT2D eigenvalue weighted by molar-refractivity contribution is 5.77. The summed E-state index contributed by atoms with van der Waals surface area (Å²) >= 11 is 0. The molecule has 2 rings (SSSR count). The Balaban J connectivity index is 2.01. The smallest absolute Gasteiger partial charge is 0.318 e. The molecule has 0 saturated heterocycles. The van der Waals surface area contributed by atoms with Crippen LogP contribution in [0.5, 0.6) is 0 Å². The first-order valence-corrected chi connectivity index (χ1v) is 7.45. The molecule has 0 atom stereocenters. The molecule has 1 aliphatic carbocycles. The highest BCUT2D eigenvalue weighted by Crippen LogP contribution is 2.31. The summed E-state index contributed by atoms with van der Waals surface area (Å²) in [6.45, 7) is 3.38. The molecule has 1 aliphatic heterocycles. The van der Waals surface area contributed by atoms with Crippen LogP contribution in [0.1, 0.15) is 51.9 Å². The predicted octanol–water partition coefficient (Wildman–Crippen LogP) is 2.53. The molecule has 2 N–H and O–H groups in total. The highest BCUT2D eigenvalue weighted by atomic mass is 16.4. The van der Waals surface area contributed by atoms with E-state index in [9.17, 15) is 9.59 Å². The highest BCUT2D eigenvalue weighted by Gasteiger charge is 2.37. The van der Waals surface area contributed by atoms with Crippen LogP contribution < -0.4 is 5.32 Å². The number of urea groups is 1. The van der Waals surface area contributed by atoms with Crippen molar-refractivity contribution < 1.29 is 14.7 Å². The molecule has 0 aromatic rings. The van der Waals surface area contributed by atoms with Crippen LogP contribution in [0, 0.1) is 0 Å². The van der Waals surface area contributed by atoms with E-state index in [2.05, 4.69) is 11.4 Å². The van der Waals surface area contributed by atoms with Crippen molar-refractivity contribution in [3.05, 3.63) is 11.6 Å². The van der Waals surface area contributed by atoms with Gasteiger partial charge in [-0.1, -0.05) is 30.9 Å². The number of amides is 2. The summed E-state index contributed by atoms with van der Waals surface area (Å²) in [5.74, 6) is -0.832. The van der Waals surface area contributed by atoms with Gasteiger partial charge in [0.05, 0.1) is 12.0 Å². The van der Waals surface area contributed by atoms with Crippen LogP contribution in [0.4, 0.5) is 4.79 Å². The Hall–Kier alpha value is -1.52. The summed E-state index contributed by atoms with van der Waals surface area (Å²) in [6.07, 6.45) is 7.72. The van der Waals surface area contributed by atoms with Gasteiger partial charge in [-0.15, -0.1) is 0 Å². The van der Waals surface area contributed by atoms with Gasteiger partial charge in [0.2, 0.25) is 0 Å². The van der Waals surface area contributed by atoms with Crippen LogP contribution >= 0.6 is 0 Å². The SMILES string of the molecule is CC1=CCCN(C(=O)NC2(CC(=O)O)CCCCC2)C1. The van der Waals surface area contributed by atoms with Crippen LogP contribution in [0.3, 0.4) is 0 Å². The Labute approximate surface area is 120 Å². The molecule has 0 aromatic carbocycles. The van der Waals surface area contributed by atoms with Gasteiger partial charge in [-0.3, -0.25) is 4.79 Å². The average molecular weight is 280 g/mol. The van der Waals surface area contributed by atoms with E-state index in [4.69, 9.17) is 5.11 Å². The molecule has 112 valence electrons. The van der Waals surface area contributed by atoms with Gasteiger partial charge in [-0.05, 0) is 26.2 Å².